The lowest BCUT2D eigenvalue weighted by molar-refractivity contribution is 0.415. The quantitative estimate of drug-likeness (QED) is 0.813. The van der Waals surface area contributed by atoms with Crippen LogP contribution < -0.4 is 4.74 Å². The highest BCUT2D eigenvalue weighted by molar-refractivity contribution is 5.58. The van der Waals surface area contributed by atoms with Crippen molar-refractivity contribution in [1.82, 2.24) is 9.97 Å². The maximum Gasteiger partial charge on any atom is 0.137 e. The van der Waals surface area contributed by atoms with Gasteiger partial charge in [0.2, 0.25) is 0 Å². The minimum atomic E-state index is 0.846. The fourth-order valence-electron chi connectivity index (χ4n) is 1.45. The summed E-state index contributed by atoms with van der Waals surface area (Å²) in [6, 6.07) is 7.87. The molecule has 0 amide bonds. The molecule has 1 heterocycles. The van der Waals surface area contributed by atoms with Crippen LogP contribution in [-0.4, -0.2) is 17.1 Å². The Kier molecular flexibility index (Phi) is 2.46. The molecule has 3 nitrogen and oxygen atoms in total. The molecule has 0 aliphatic rings. The number of methoxy groups -OCH3 is 1. The lowest BCUT2D eigenvalue weighted by atomic mass is 10.2. The monoisotopic (exact) mass is 202 g/mol. The Bertz CT molecular complexity index is 455. The number of benzene rings is 1. The van der Waals surface area contributed by atoms with Crippen LogP contribution in [0.3, 0.4) is 0 Å². The Morgan fingerprint density at radius 3 is 2.67 bits per heavy atom. The zero-order valence-electron chi connectivity index (χ0n) is 9.16. The molecule has 15 heavy (non-hydrogen) atoms. The molecule has 0 spiro atoms. The Morgan fingerprint density at radius 2 is 2.07 bits per heavy atom. The molecule has 0 saturated carbocycles. The topological polar surface area (TPSA) is 37.9 Å². The van der Waals surface area contributed by atoms with Crippen LogP contribution in [0.1, 0.15) is 11.4 Å². The van der Waals surface area contributed by atoms with Crippen LogP contribution in [0.2, 0.25) is 0 Å². The van der Waals surface area contributed by atoms with Crippen molar-refractivity contribution in [2.24, 2.45) is 0 Å². The Labute approximate surface area is 89.1 Å². The van der Waals surface area contributed by atoms with Crippen molar-refractivity contribution in [3.8, 4) is 17.1 Å². The van der Waals surface area contributed by atoms with Crippen LogP contribution in [0.15, 0.2) is 24.3 Å². The van der Waals surface area contributed by atoms with E-state index in [0.29, 0.717) is 0 Å². The van der Waals surface area contributed by atoms with E-state index in [-0.39, 0.29) is 0 Å². The summed E-state index contributed by atoms with van der Waals surface area (Å²) in [6.45, 7) is 4.02. The van der Waals surface area contributed by atoms with Gasteiger partial charge in [-0.25, -0.2) is 4.98 Å². The number of nitrogens with zero attached hydrogens (tertiary/aromatic N) is 1. The number of hydrogen-bond acceptors (Lipinski definition) is 2. The summed E-state index contributed by atoms with van der Waals surface area (Å²) >= 11 is 0. The van der Waals surface area contributed by atoms with E-state index >= 15 is 0 Å². The Balaban J connectivity index is 2.44. The van der Waals surface area contributed by atoms with Crippen molar-refractivity contribution < 1.29 is 4.74 Å². The van der Waals surface area contributed by atoms with Crippen LogP contribution in [0.4, 0.5) is 0 Å². The number of rotatable bonds is 2. The smallest absolute Gasteiger partial charge is 0.137 e. The number of aromatic nitrogens is 2. The SMILES string of the molecule is COc1cccc(-c2nc(C)c(C)[nH]2)c1. The molecule has 0 unspecified atom stereocenters. The first-order valence-corrected chi connectivity index (χ1v) is 4.88. The summed E-state index contributed by atoms with van der Waals surface area (Å²) in [7, 11) is 1.66. The van der Waals surface area contributed by atoms with Crippen molar-refractivity contribution in [1.29, 1.82) is 0 Å². The normalized spacial score (nSPS) is 10.3. The van der Waals surface area contributed by atoms with Gasteiger partial charge in [0.25, 0.3) is 0 Å². The number of aryl methyl sites for hydroxylation is 2. The minimum Gasteiger partial charge on any atom is -0.497 e. The van der Waals surface area contributed by atoms with Crippen LogP contribution in [0, 0.1) is 13.8 Å². The maximum absolute atomic E-state index is 5.17. The van der Waals surface area contributed by atoms with Crippen molar-refractivity contribution in [3.63, 3.8) is 0 Å². The number of hydrogen-bond donors (Lipinski definition) is 1. The van der Waals surface area contributed by atoms with E-state index in [2.05, 4.69) is 9.97 Å². The second kappa shape index (κ2) is 3.77. The van der Waals surface area contributed by atoms with Crippen LogP contribution >= 0.6 is 0 Å². The molecular weight excluding hydrogens is 188 g/mol. The third kappa shape index (κ3) is 1.86. The minimum absolute atomic E-state index is 0.846. The molecule has 0 aliphatic carbocycles. The lowest BCUT2D eigenvalue weighted by Crippen LogP contribution is -1.85. The summed E-state index contributed by atoms with van der Waals surface area (Å²) in [5.74, 6) is 1.74. The molecular formula is C12H14N2O. The van der Waals surface area contributed by atoms with Gasteiger partial charge in [-0.2, -0.15) is 0 Å². The van der Waals surface area contributed by atoms with Gasteiger partial charge >= 0.3 is 0 Å². The maximum atomic E-state index is 5.17. The summed E-state index contributed by atoms with van der Waals surface area (Å²) in [4.78, 5) is 7.69. The number of ether oxygens (including phenoxy) is 1. The summed E-state index contributed by atoms with van der Waals surface area (Å²) < 4.78 is 5.17. The van der Waals surface area contributed by atoms with E-state index in [1.54, 1.807) is 7.11 Å². The summed E-state index contributed by atoms with van der Waals surface area (Å²) in [6.07, 6.45) is 0. The number of nitrogens with one attached hydrogen (secondary N) is 1. The van der Waals surface area contributed by atoms with E-state index < -0.39 is 0 Å². The zero-order chi connectivity index (χ0) is 10.8. The predicted molar refractivity (Wildman–Crippen MR) is 60.0 cm³/mol. The predicted octanol–water partition coefficient (Wildman–Crippen LogP) is 2.70. The van der Waals surface area contributed by atoms with Gasteiger partial charge in [0.1, 0.15) is 11.6 Å². The molecule has 2 rings (SSSR count). The third-order valence-corrected chi connectivity index (χ3v) is 2.47. The molecule has 0 fully saturated rings. The molecule has 1 aromatic carbocycles. The van der Waals surface area contributed by atoms with Crippen LogP contribution in [0.5, 0.6) is 5.75 Å². The van der Waals surface area contributed by atoms with E-state index in [9.17, 15) is 0 Å². The summed E-state index contributed by atoms with van der Waals surface area (Å²) in [5.41, 5.74) is 3.19. The van der Waals surface area contributed by atoms with Gasteiger partial charge in [-0.15, -0.1) is 0 Å². The second-order valence-electron chi connectivity index (χ2n) is 3.53. The van der Waals surface area contributed by atoms with Crippen molar-refractivity contribution in [2.45, 2.75) is 13.8 Å². The average molecular weight is 202 g/mol. The van der Waals surface area contributed by atoms with Crippen LogP contribution in [-0.2, 0) is 0 Å². The molecule has 2 aromatic rings. The first kappa shape index (κ1) is 9.77. The van der Waals surface area contributed by atoms with Gasteiger partial charge in [-0.3, -0.25) is 0 Å². The third-order valence-electron chi connectivity index (χ3n) is 2.47. The number of aromatic amines is 1. The van der Waals surface area contributed by atoms with Crippen molar-refractivity contribution in [3.05, 3.63) is 35.7 Å². The number of H-pyrrole nitrogens is 1. The highest BCUT2D eigenvalue weighted by Gasteiger charge is 2.05. The fraction of sp³-hybridized carbons (Fsp3) is 0.250. The standard InChI is InChI=1S/C12H14N2O/c1-8-9(2)14-12(13-8)10-5-4-6-11(7-10)15-3/h4-7H,1-3H3,(H,13,14). The average Bonchev–Trinajstić information content (AvgIpc) is 2.59. The van der Waals surface area contributed by atoms with E-state index in [1.807, 2.05) is 38.1 Å². The molecule has 0 radical (unpaired) electrons. The van der Waals surface area contributed by atoms with Gasteiger partial charge in [0.05, 0.1) is 12.8 Å². The van der Waals surface area contributed by atoms with Gasteiger partial charge in [-0.1, -0.05) is 12.1 Å². The highest BCUT2D eigenvalue weighted by Crippen LogP contribution is 2.22. The molecule has 0 aliphatic heterocycles. The van der Waals surface area contributed by atoms with E-state index in [0.717, 1.165) is 28.5 Å². The van der Waals surface area contributed by atoms with Crippen molar-refractivity contribution in [2.75, 3.05) is 7.11 Å². The lowest BCUT2D eigenvalue weighted by Gasteiger charge is -2.01. The molecule has 1 aromatic heterocycles. The highest BCUT2D eigenvalue weighted by atomic mass is 16.5. The molecule has 3 heteroatoms. The molecule has 0 bridgehead atoms. The molecule has 1 N–H and O–H groups in total. The van der Waals surface area contributed by atoms with Gasteiger partial charge in [0, 0.05) is 11.3 Å². The molecule has 78 valence electrons. The summed E-state index contributed by atoms with van der Waals surface area (Å²) in [5, 5.41) is 0. The van der Waals surface area contributed by atoms with Gasteiger partial charge in [-0.05, 0) is 26.0 Å². The van der Waals surface area contributed by atoms with Gasteiger partial charge < -0.3 is 9.72 Å². The zero-order valence-corrected chi connectivity index (χ0v) is 9.16. The number of imidazole rings is 1. The largest absolute Gasteiger partial charge is 0.497 e. The molecule has 0 atom stereocenters. The van der Waals surface area contributed by atoms with Gasteiger partial charge in [0.15, 0.2) is 0 Å². The molecule has 0 saturated heterocycles. The van der Waals surface area contributed by atoms with E-state index in [4.69, 9.17) is 4.74 Å². The Morgan fingerprint density at radius 1 is 1.27 bits per heavy atom. The van der Waals surface area contributed by atoms with E-state index in [1.165, 1.54) is 0 Å². The Hall–Kier alpha value is -1.77. The van der Waals surface area contributed by atoms with Crippen LogP contribution in [0.25, 0.3) is 11.4 Å². The first-order chi connectivity index (χ1) is 7.20. The fourth-order valence-corrected chi connectivity index (χ4v) is 1.45. The second-order valence-corrected chi connectivity index (χ2v) is 3.53. The first-order valence-electron chi connectivity index (χ1n) is 4.88. The van der Waals surface area contributed by atoms with Crippen molar-refractivity contribution >= 4 is 0 Å².